The Kier molecular flexibility index (Phi) is 3.78. The summed E-state index contributed by atoms with van der Waals surface area (Å²) in [6, 6.07) is 0.887. The highest BCUT2D eigenvalue weighted by Gasteiger charge is 2.17. The van der Waals surface area contributed by atoms with Crippen molar-refractivity contribution in [3.05, 3.63) is 16.9 Å². The van der Waals surface area contributed by atoms with Crippen molar-refractivity contribution in [2.24, 2.45) is 0 Å². The van der Waals surface area contributed by atoms with Gasteiger partial charge < -0.3 is 15.6 Å². The van der Waals surface area contributed by atoms with E-state index in [9.17, 15) is 14.3 Å². The molecule has 0 fully saturated rings. The summed E-state index contributed by atoms with van der Waals surface area (Å²) in [4.78, 5) is 11.0. The lowest BCUT2D eigenvalue weighted by Crippen LogP contribution is -2.14. The number of ether oxygens (including phenoxy) is 1. The van der Waals surface area contributed by atoms with Gasteiger partial charge in [-0.1, -0.05) is 11.6 Å². The number of phenols is 1. The molecule has 4 N–H and O–H groups in total. The van der Waals surface area contributed by atoms with Gasteiger partial charge in [-0.15, -0.1) is 0 Å². The Morgan fingerprint density at radius 2 is 2.38 bits per heavy atom. The zero-order valence-electron chi connectivity index (χ0n) is 8.38. The third-order valence-electron chi connectivity index (χ3n) is 1.74. The van der Waals surface area contributed by atoms with Crippen molar-refractivity contribution in [2.45, 2.75) is 6.92 Å². The van der Waals surface area contributed by atoms with E-state index in [1.54, 1.807) is 6.92 Å². The summed E-state index contributed by atoms with van der Waals surface area (Å²) in [6.45, 7) is 1.71. The van der Waals surface area contributed by atoms with Gasteiger partial charge in [0.05, 0.1) is 17.3 Å². The summed E-state index contributed by atoms with van der Waals surface area (Å²) >= 11 is 5.52. The molecule has 0 spiro atoms. The second kappa shape index (κ2) is 4.89. The van der Waals surface area contributed by atoms with Crippen LogP contribution in [-0.4, -0.2) is 17.8 Å². The number of phenolic OH excluding ortho intramolecular Hbond substituents is 1. The molecule has 1 aromatic rings. The number of nitrogen functional groups attached to an aromatic ring is 1. The molecule has 88 valence electrons. The van der Waals surface area contributed by atoms with Crippen LogP contribution in [0.25, 0.3) is 0 Å². The Labute approximate surface area is 96.0 Å². The molecule has 0 unspecified atom stereocenters. The molecule has 0 aliphatic carbocycles. The van der Waals surface area contributed by atoms with Crippen LogP contribution in [0.5, 0.6) is 5.75 Å². The number of nitrogens with two attached hydrogens (primary N) is 1. The maximum absolute atomic E-state index is 13.3. The van der Waals surface area contributed by atoms with Crippen LogP contribution in [0.4, 0.5) is 20.6 Å². The van der Waals surface area contributed by atoms with E-state index in [1.165, 1.54) is 0 Å². The van der Waals surface area contributed by atoms with E-state index in [1.807, 2.05) is 5.32 Å². The van der Waals surface area contributed by atoms with E-state index in [0.29, 0.717) is 0 Å². The maximum Gasteiger partial charge on any atom is 0.411 e. The van der Waals surface area contributed by atoms with E-state index in [-0.39, 0.29) is 17.3 Å². The van der Waals surface area contributed by atoms with Crippen LogP contribution in [0.3, 0.4) is 0 Å². The summed E-state index contributed by atoms with van der Waals surface area (Å²) in [5.74, 6) is -1.53. The number of hydrogen-bond donors (Lipinski definition) is 3. The largest absolute Gasteiger partial charge is 0.504 e. The molecule has 0 bridgehead atoms. The van der Waals surface area contributed by atoms with Crippen LogP contribution < -0.4 is 11.1 Å². The van der Waals surface area contributed by atoms with Crippen molar-refractivity contribution in [2.75, 3.05) is 17.7 Å². The Hall–Kier alpha value is -1.69. The third kappa shape index (κ3) is 2.46. The highest BCUT2D eigenvalue weighted by Crippen LogP contribution is 2.37. The van der Waals surface area contributed by atoms with Crippen molar-refractivity contribution in [3.63, 3.8) is 0 Å². The van der Waals surface area contributed by atoms with Gasteiger partial charge in [-0.2, -0.15) is 0 Å². The molecule has 5 nitrogen and oxygen atoms in total. The topological polar surface area (TPSA) is 84.6 Å². The summed E-state index contributed by atoms with van der Waals surface area (Å²) in [5.41, 5.74) is 4.69. The van der Waals surface area contributed by atoms with E-state index < -0.39 is 23.3 Å². The number of benzene rings is 1. The molecular formula is C9H10ClFN2O3. The zero-order chi connectivity index (χ0) is 12.3. The lowest BCUT2D eigenvalue weighted by Gasteiger charge is -2.10. The van der Waals surface area contributed by atoms with Crippen LogP contribution in [-0.2, 0) is 4.74 Å². The predicted molar refractivity (Wildman–Crippen MR) is 58.1 cm³/mol. The van der Waals surface area contributed by atoms with E-state index in [0.717, 1.165) is 6.07 Å². The number of hydrogen-bond acceptors (Lipinski definition) is 4. The lowest BCUT2D eigenvalue weighted by atomic mass is 10.2. The Bertz CT molecular complexity index is 426. The van der Waals surface area contributed by atoms with Gasteiger partial charge >= 0.3 is 6.09 Å². The molecule has 16 heavy (non-hydrogen) atoms. The normalized spacial score (nSPS) is 9.94. The van der Waals surface area contributed by atoms with Crippen molar-refractivity contribution < 1.29 is 19.0 Å². The van der Waals surface area contributed by atoms with Crippen LogP contribution >= 0.6 is 11.6 Å². The minimum absolute atomic E-state index is 0.122. The summed E-state index contributed by atoms with van der Waals surface area (Å²) in [5, 5.41) is 11.3. The Morgan fingerprint density at radius 3 is 2.94 bits per heavy atom. The molecule has 1 rings (SSSR count). The average Bonchev–Trinajstić information content (AvgIpc) is 2.22. The number of carbonyl (C=O) groups excluding carboxylic acids is 1. The quantitative estimate of drug-likeness (QED) is 0.554. The smallest absolute Gasteiger partial charge is 0.411 e. The molecule has 0 atom stereocenters. The number of nitrogens with one attached hydrogen (secondary N) is 1. The third-order valence-corrected chi connectivity index (χ3v) is 2.06. The first-order valence-corrected chi connectivity index (χ1v) is 4.75. The molecule has 0 saturated carbocycles. The first-order chi connectivity index (χ1) is 7.47. The first kappa shape index (κ1) is 12.4. The number of rotatable bonds is 2. The van der Waals surface area contributed by atoms with Gasteiger partial charge in [0.1, 0.15) is 5.69 Å². The van der Waals surface area contributed by atoms with Crippen LogP contribution in [0.1, 0.15) is 6.92 Å². The number of aromatic hydroxyl groups is 1. The van der Waals surface area contributed by atoms with Gasteiger partial charge in [0.15, 0.2) is 11.6 Å². The minimum atomic E-state index is -0.898. The predicted octanol–water partition coefficient (Wildman–Crippen LogP) is 2.34. The van der Waals surface area contributed by atoms with Gasteiger partial charge in [0.2, 0.25) is 0 Å². The second-order valence-electron chi connectivity index (χ2n) is 2.82. The second-order valence-corrected chi connectivity index (χ2v) is 3.23. The van der Waals surface area contributed by atoms with Gasteiger partial charge in [0.25, 0.3) is 0 Å². The lowest BCUT2D eigenvalue weighted by molar-refractivity contribution is 0.167. The monoisotopic (exact) mass is 248 g/mol. The minimum Gasteiger partial charge on any atom is -0.504 e. The van der Waals surface area contributed by atoms with Gasteiger partial charge in [0, 0.05) is 0 Å². The van der Waals surface area contributed by atoms with Crippen molar-refractivity contribution in [1.82, 2.24) is 0 Å². The number of anilines is 2. The van der Waals surface area contributed by atoms with Crippen molar-refractivity contribution >= 4 is 29.1 Å². The molecule has 0 heterocycles. The van der Waals surface area contributed by atoms with Crippen molar-refractivity contribution in [3.8, 4) is 5.75 Å². The molecule has 1 aromatic carbocycles. The summed E-state index contributed by atoms with van der Waals surface area (Å²) < 4.78 is 17.8. The molecule has 7 heteroatoms. The van der Waals surface area contributed by atoms with Crippen LogP contribution in [0.15, 0.2) is 6.07 Å². The van der Waals surface area contributed by atoms with Crippen LogP contribution in [0, 0.1) is 5.82 Å². The standard InChI is InChI=1S/C9H10ClFN2O3/c1-2-16-9(15)13-7-5(11)3-4(10)6(12)8(7)14/h3,14H,2,12H2,1H3,(H,13,15). The summed E-state index contributed by atoms with van der Waals surface area (Å²) in [7, 11) is 0. The fourth-order valence-electron chi connectivity index (χ4n) is 1.01. The first-order valence-electron chi connectivity index (χ1n) is 4.37. The van der Waals surface area contributed by atoms with E-state index >= 15 is 0 Å². The number of halogens is 2. The molecule has 1 amide bonds. The number of carbonyl (C=O) groups is 1. The highest BCUT2D eigenvalue weighted by atomic mass is 35.5. The Balaban J connectivity index is 3.05. The number of amides is 1. The molecule has 0 aromatic heterocycles. The summed E-state index contributed by atoms with van der Waals surface area (Å²) in [6.07, 6.45) is -0.890. The van der Waals surface area contributed by atoms with Crippen molar-refractivity contribution in [1.29, 1.82) is 0 Å². The molecule has 0 saturated heterocycles. The van der Waals surface area contributed by atoms with E-state index in [2.05, 4.69) is 4.74 Å². The average molecular weight is 249 g/mol. The molecule has 0 aliphatic heterocycles. The SMILES string of the molecule is CCOC(=O)Nc1c(F)cc(Cl)c(N)c1O. The fourth-order valence-corrected chi connectivity index (χ4v) is 1.20. The Morgan fingerprint density at radius 1 is 1.75 bits per heavy atom. The van der Waals surface area contributed by atoms with Gasteiger partial charge in [-0.3, -0.25) is 5.32 Å². The highest BCUT2D eigenvalue weighted by molar-refractivity contribution is 6.33. The van der Waals surface area contributed by atoms with Crippen LogP contribution in [0.2, 0.25) is 5.02 Å². The maximum atomic E-state index is 13.3. The zero-order valence-corrected chi connectivity index (χ0v) is 9.14. The molecule has 0 radical (unpaired) electrons. The molecule has 0 aliphatic rings. The van der Waals surface area contributed by atoms with Gasteiger partial charge in [-0.05, 0) is 13.0 Å². The fraction of sp³-hybridized carbons (Fsp3) is 0.222. The van der Waals surface area contributed by atoms with Gasteiger partial charge in [-0.25, -0.2) is 9.18 Å². The van der Waals surface area contributed by atoms with E-state index in [4.69, 9.17) is 17.3 Å². The molecular weight excluding hydrogens is 239 g/mol.